The summed E-state index contributed by atoms with van der Waals surface area (Å²) in [6.45, 7) is 0. The largest absolute Gasteiger partial charge is 0.507 e. The second-order valence-corrected chi connectivity index (χ2v) is 5.22. The number of hydrogen-bond acceptors (Lipinski definition) is 3. The number of nitrogens with two attached hydrogens (primary N) is 1. The van der Waals surface area contributed by atoms with Gasteiger partial charge in [0.05, 0.1) is 5.69 Å². The van der Waals surface area contributed by atoms with Gasteiger partial charge < -0.3 is 15.9 Å². The smallest absolute Gasteiger partial charge is 0.146 e. The van der Waals surface area contributed by atoms with Crippen LogP contribution in [0.25, 0.3) is 21.5 Å². The molecule has 4 rings (SSSR count). The molecule has 3 heteroatoms. The fraction of sp³-hybridized carbons (Fsp3) is 0. The van der Waals surface area contributed by atoms with Gasteiger partial charge in [-0.1, -0.05) is 66.7 Å². The zero-order valence-corrected chi connectivity index (χ0v) is 12.5. The van der Waals surface area contributed by atoms with Crippen LogP contribution in [0.5, 0.6) is 11.5 Å². The highest BCUT2D eigenvalue weighted by atomic mass is 16.3. The topological polar surface area (TPSA) is 66.5 Å². The van der Waals surface area contributed by atoms with E-state index in [1.54, 1.807) is 12.1 Å². The number of anilines is 1. The van der Waals surface area contributed by atoms with Gasteiger partial charge in [0.1, 0.15) is 11.5 Å². The summed E-state index contributed by atoms with van der Waals surface area (Å²) in [7, 11) is 0. The molecule has 4 N–H and O–H groups in total. The first-order valence-corrected chi connectivity index (χ1v) is 7.30. The van der Waals surface area contributed by atoms with E-state index in [-0.39, 0.29) is 5.75 Å². The average molecular weight is 303 g/mol. The van der Waals surface area contributed by atoms with Crippen molar-refractivity contribution in [1.29, 1.82) is 0 Å². The number of phenols is 2. The number of benzene rings is 4. The van der Waals surface area contributed by atoms with Crippen molar-refractivity contribution in [3.05, 3.63) is 78.9 Å². The van der Waals surface area contributed by atoms with Crippen molar-refractivity contribution >= 4 is 27.2 Å². The summed E-state index contributed by atoms with van der Waals surface area (Å²) in [6, 6.07) is 24.5. The Labute approximate surface area is 134 Å². The van der Waals surface area contributed by atoms with Crippen LogP contribution in [-0.4, -0.2) is 10.2 Å². The SMILES string of the molecule is Nc1ccc2ccccc2c1O.Oc1cccc2ccccc12. The summed E-state index contributed by atoms with van der Waals surface area (Å²) in [5.41, 5.74) is 5.96. The lowest BCUT2D eigenvalue weighted by molar-refractivity contribution is 0.481. The fourth-order valence-corrected chi connectivity index (χ4v) is 2.48. The minimum atomic E-state index is 0.174. The molecule has 0 spiro atoms. The Kier molecular flexibility index (Phi) is 4.02. The van der Waals surface area contributed by atoms with Crippen molar-refractivity contribution in [1.82, 2.24) is 0 Å². The van der Waals surface area contributed by atoms with Crippen LogP contribution < -0.4 is 5.73 Å². The molecular weight excluding hydrogens is 286 g/mol. The zero-order chi connectivity index (χ0) is 16.2. The maximum Gasteiger partial charge on any atom is 0.146 e. The van der Waals surface area contributed by atoms with E-state index in [1.165, 1.54) is 0 Å². The Morgan fingerprint density at radius 1 is 0.565 bits per heavy atom. The maximum absolute atomic E-state index is 9.53. The van der Waals surface area contributed by atoms with Crippen LogP contribution in [0.4, 0.5) is 5.69 Å². The van der Waals surface area contributed by atoms with Crippen LogP contribution in [-0.2, 0) is 0 Å². The lowest BCUT2D eigenvalue weighted by Crippen LogP contribution is -1.85. The van der Waals surface area contributed by atoms with E-state index in [0.717, 1.165) is 21.5 Å². The van der Waals surface area contributed by atoms with Gasteiger partial charge in [0.2, 0.25) is 0 Å². The molecule has 0 unspecified atom stereocenters. The standard InChI is InChI=1S/C10H9NO.C10H8O/c11-9-6-5-7-3-1-2-4-8(7)10(9)12;11-10-7-3-5-8-4-1-2-6-9(8)10/h1-6,12H,11H2;1-7,11H. The van der Waals surface area contributed by atoms with E-state index >= 15 is 0 Å². The quantitative estimate of drug-likeness (QED) is 0.326. The molecule has 0 aliphatic rings. The van der Waals surface area contributed by atoms with Gasteiger partial charge in [-0.3, -0.25) is 0 Å². The molecular formula is C20H17NO2. The van der Waals surface area contributed by atoms with Gasteiger partial charge in [0, 0.05) is 10.8 Å². The van der Waals surface area contributed by atoms with Gasteiger partial charge in [-0.15, -0.1) is 0 Å². The van der Waals surface area contributed by atoms with Gasteiger partial charge in [-0.25, -0.2) is 0 Å². The molecule has 0 aromatic heterocycles. The number of aromatic hydroxyl groups is 2. The van der Waals surface area contributed by atoms with Crippen LogP contribution in [0.15, 0.2) is 78.9 Å². The highest BCUT2D eigenvalue weighted by molar-refractivity contribution is 5.92. The second-order valence-electron chi connectivity index (χ2n) is 5.22. The van der Waals surface area contributed by atoms with E-state index in [9.17, 15) is 10.2 Å². The number of nitrogen functional groups attached to an aromatic ring is 1. The number of fused-ring (bicyclic) bond motifs is 2. The van der Waals surface area contributed by atoms with Gasteiger partial charge in [0.15, 0.2) is 0 Å². The minimum Gasteiger partial charge on any atom is -0.507 e. The summed E-state index contributed by atoms with van der Waals surface area (Å²) in [5.74, 6) is 0.524. The summed E-state index contributed by atoms with van der Waals surface area (Å²) < 4.78 is 0. The molecule has 0 bridgehead atoms. The zero-order valence-electron chi connectivity index (χ0n) is 12.5. The first-order valence-electron chi connectivity index (χ1n) is 7.30. The third-order valence-electron chi connectivity index (χ3n) is 3.70. The Morgan fingerprint density at radius 3 is 1.83 bits per heavy atom. The Balaban J connectivity index is 0.000000136. The maximum atomic E-state index is 9.53. The van der Waals surface area contributed by atoms with Gasteiger partial charge in [-0.2, -0.15) is 0 Å². The van der Waals surface area contributed by atoms with Crippen molar-refractivity contribution in [2.24, 2.45) is 0 Å². The molecule has 4 aromatic carbocycles. The van der Waals surface area contributed by atoms with Crippen molar-refractivity contribution in [2.75, 3.05) is 5.73 Å². The fourth-order valence-electron chi connectivity index (χ4n) is 2.48. The molecule has 23 heavy (non-hydrogen) atoms. The molecule has 0 saturated heterocycles. The van der Waals surface area contributed by atoms with Gasteiger partial charge >= 0.3 is 0 Å². The van der Waals surface area contributed by atoms with Crippen LogP contribution in [0.1, 0.15) is 0 Å². The molecule has 0 atom stereocenters. The number of hydrogen-bond donors (Lipinski definition) is 3. The molecule has 3 nitrogen and oxygen atoms in total. The van der Waals surface area contributed by atoms with E-state index in [0.29, 0.717) is 11.4 Å². The number of phenolic OH excluding ortho intramolecular Hbond substituents is 2. The molecule has 4 aromatic rings. The second kappa shape index (κ2) is 6.28. The monoisotopic (exact) mass is 303 g/mol. The summed E-state index contributed by atoms with van der Waals surface area (Å²) >= 11 is 0. The molecule has 0 aliphatic carbocycles. The average Bonchev–Trinajstić information content (AvgIpc) is 2.60. The summed E-state index contributed by atoms with van der Waals surface area (Å²) in [4.78, 5) is 0. The van der Waals surface area contributed by atoms with Crippen LogP contribution in [0, 0.1) is 0 Å². The van der Waals surface area contributed by atoms with Crippen molar-refractivity contribution in [3.63, 3.8) is 0 Å². The molecule has 0 amide bonds. The Hall–Kier alpha value is -3.20. The highest BCUT2D eigenvalue weighted by Gasteiger charge is 2.00. The first kappa shape index (κ1) is 14.7. The van der Waals surface area contributed by atoms with Crippen LogP contribution in [0.2, 0.25) is 0 Å². The first-order chi connectivity index (χ1) is 11.2. The van der Waals surface area contributed by atoms with Gasteiger partial charge in [0.25, 0.3) is 0 Å². The van der Waals surface area contributed by atoms with E-state index in [2.05, 4.69) is 0 Å². The molecule has 0 fully saturated rings. The Morgan fingerprint density at radius 2 is 1.13 bits per heavy atom. The molecule has 114 valence electrons. The lowest BCUT2D eigenvalue weighted by Gasteiger charge is -2.02. The summed E-state index contributed by atoms with van der Waals surface area (Å²) in [5, 5.41) is 22.7. The van der Waals surface area contributed by atoms with Crippen molar-refractivity contribution in [2.45, 2.75) is 0 Å². The molecule has 0 radical (unpaired) electrons. The molecule has 0 heterocycles. The van der Waals surface area contributed by atoms with Crippen molar-refractivity contribution in [3.8, 4) is 11.5 Å². The lowest BCUT2D eigenvalue weighted by atomic mass is 10.1. The van der Waals surface area contributed by atoms with Crippen LogP contribution in [0.3, 0.4) is 0 Å². The molecule has 0 aliphatic heterocycles. The van der Waals surface area contributed by atoms with Gasteiger partial charge in [-0.05, 0) is 22.9 Å². The predicted octanol–water partition coefficient (Wildman–Crippen LogP) is 4.67. The highest BCUT2D eigenvalue weighted by Crippen LogP contribution is 2.29. The summed E-state index contributed by atoms with van der Waals surface area (Å²) in [6.07, 6.45) is 0. The van der Waals surface area contributed by atoms with E-state index in [4.69, 9.17) is 5.73 Å². The third kappa shape index (κ3) is 3.04. The predicted molar refractivity (Wildman–Crippen MR) is 95.6 cm³/mol. The van der Waals surface area contributed by atoms with E-state index in [1.807, 2.05) is 66.7 Å². The normalized spacial score (nSPS) is 10.3. The minimum absolute atomic E-state index is 0.174. The van der Waals surface area contributed by atoms with E-state index < -0.39 is 0 Å². The third-order valence-corrected chi connectivity index (χ3v) is 3.70. The molecule has 0 saturated carbocycles. The van der Waals surface area contributed by atoms with Crippen LogP contribution >= 0.6 is 0 Å². The Bertz CT molecular complexity index is 958. The number of rotatable bonds is 0. The van der Waals surface area contributed by atoms with Crippen molar-refractivity contribution < 1.29 is 10.2 Å².